The van der Waals surface area contributed by atoms with Crippen LogP contribution in [-0.2, 0) is 27.4 Å². The highest BCUT2D eigenvalue weighted by atomic mass is 16.5. The maximum absolute atomic E-state index is 11.0. The SMILES string of the molecule is COC1=C(Cn2nnnc2-c2ccccc2-c2ccc(COC(C)=O)cc2)C=CCC1. The number of nitrogens with zero attached hydrogens (tertiary/aromatic N) is 4. The lowest BCUT2D eigenvalue weighted by Crippen LogP contribution is -2.09. The Balaban J connectivity index is 1.65. The summed E-state index contributed by atoms with van der Waals surface area (Å²) in [4.78, 5) is 11.0. The van der Waals surface area contributed by atoms with Gasteiger partial charge in [-0.1, -0.05) is 60.7 Å². The number of tetrazole rings is 1. The molecule has 1 aromatic heterocycles. The Morgan fingerprint density at radius 2 is 1.87 bits per heavy atom. The molecule has 0 saturated carbocycles. The third-order valence-electron chi connectivity index (χ3n) is 5.19. The van der Waals surface area contributed by atoms with E-state index in [1.807, 2.05) is 42.5 Å². The van der Waals surface area contributed by atoms with Crippen LogP contribution in [0.5, 0.6) is 0 Å². The zero-order chi connectivity index (χ0) is 21.6. The molecule has 0 saturated heterocycles. The molecule has 0 spiro atoms. The number of carbonyl (C=O) groups is 1. The molecule has 0 fully saturated rings. The van der Waals surface area contributed by atoms with Gasteiger partial charge in [0.25, 0.3) is 0 Å². The third-order valence-corrected chi connectivity index (χ3v) is 5.19. The maximum Gasteiger partial charge on any atom is 0.302 e. The summed E-state index contributed by atoms with van der Waals surface area (Å²) in [6.07, 6.45) is 6.09. The minimum Gasteiger partial charge on any atom is -0.501 e. The van der Waals surface area contributed by atoms with Gasteiger partial charge in [-0.05, 0) is 33.5 Å². The van der Waals surface area contributed by atoms with Crippen LogP contribution in [0, 0.1) is 0 Å². The number of ether oxygens (including phenoxy) is 2. The Bertz CT molecular complexity index is 1130. The van der Waals surface area contributed by atoms with Crippen molar-refractivity contribution in [1.29, 1.82) is 0 Å². The van der Waals surface area contributed by atoms with Gasteiger partial charge in [-0.15, -0.1) is 5.10 Å². The fraction of sp³-hybridized carbons (Fsp3) is 0.250. The minimum absolute atomic E-state index is 0.264. The lowest BCUT2D eigenvalue weighted by atomic mass is 9.98. The summed E-state index contributed by atoms with van der Waals surface area (Å²) in [5.74, 6) is 1.38. The van der Waals surface area contributed by atoms with Gasteiger partial charge in [0, 0.05) is 24.5 Å². The Labute approximate surface area is 181 Å². The quantitative estimate of drug-likeness (QED) is 0.534. The molecule has 7 heteroatoms. The molecule has 7 nitrogen and oxygen atoms in total. The van der Waals surface area contributed by atoms with Crippen LogP contribution in [0.25, 0.3) is 22.5 Å². The zero-order valence-corrected chi connectivity index (χ0v) is 17.6. The Kier molecular flexibility index (Phi) is 6.21. The lowest BCUT2D eigenvalue weighted by Gasteiger charge is -2.16. The van der Waals surface area contributed by atoms with Gasteiger partial charge in [0.15, 0.2) is 5.82 Å². The fourth-order valence-corrected chi connectivity index (χ4v) is 3.63. The molecule has 0 aliphatic heterocycles. The summed E-state index contributed by atoms with van der Waals surface area (Å²) < 4.78 is 12.4. The van der Waals surface area contributed by atoms with E-state index in [9.17, 15) is 4.79 Å². The van der Waals surface area contributed by atoms with Crippen molar-refractivity contribution in [2.75, 3.05) is 7.11 Å². The van der Waals surface area contributed by atoms with Gasteiger partial charge in [0.1, 0.15) is 12.4 Å². The van der Waals surface area contributed by atoms with Gasteiger partial charge >= 0.3 is 5.97 Å². The smallest absolute Gasteiger partial charge is 0.302 e. The summed E-state index contributed by atoms with van der Waals surface area (Å²) in [6, 6.07) is 16.0. The minimum atomic E-state index is -0.291. The molecular weight excluding hydrogens is 392 g/mol. The van der Waals surface area contributed by atoms with E-state index in [1.165, 1.54) is 6.92 Å². The Morgan fingerprint density at radius 1 is 1.10 bits per heavy atom. The van der Waals surface area contributed by atoms with E-state index >= 15 is 0 Å². The largest absolute Gasteiger partial charge is 0.501 e. The van der Waals surface area contributed by atoms with Crippen LogP contribution in [-0.4, -0.2) is 33.3 Å². The number of hydrogen-bond acceptors (Lipinski definition) is 6. The first kappa shape index (κ1) is 20.5. The molecule has 1 aliphatic carbocycles. The molecule has 1 heterocycles. The molecule has 0 unspecified atom stereocenters. The fourth-order valence-electron chi connectivity index (χ4n) is 3.63. The van der Waals surface area contributed by atoms with E-state index in [4.69, 9.17) is 9.47 Å². The molecule has 0 atom stereocenters. The van der Waals surface area contributed by atoms with Gasteiger partial charge < -0.3 is 9.47 Å². The Hall–Kier alpha value is -3.74. The van der Waals surface area contributed by atoms with Crippen molar-refractivity contribution in [1.82, 2.24) is 20.2 Å². The molecule has 3 aromatic rings. The van der Waals surface area contributed by atoms with E-state index in [-0.39, 0.29) is 12.6 Å². The number of rotatable bonds is 7. The van der Waals surface area contributed by atoms with Crippen molar-refractivity contribution in [3.8, 4) is 22.5 Å². The first-order valence-corrected chi connectivity index (χ1v) is 10.2. The van der Waals surface area contributed by atoms with E-state index in [0.717, 1.165) is 46.4 Å². The molecule has 0 radical (unpaired) electrons. The number of methoxy groups -OCH3 is 1. The van der Waals surface area contributed by atoms with Crippen LogP contribution in [0.4, 0.5) is 0 Å². The van der Waals surface area contributed by atoms with Crippen molar-refractivity contribution in [2.24, 2.45) is 0 Å². The first-order valence-electron chi connectivity index (χ1n) is 10.2. The predicted molar refractivity (Wildman–Crippen MR) is 117 cm³/mol. The molecule has 2 aromatic carbocycles. The van der Waals surface area contributed by atoms with Crippen molar-refractivity contribution in [2.45, 2.75) is 32.9 Å². The van der Waals surface area contributed by atoms with Crippen molar-refractivity contribution < 1.29 is 14.3 Å². The molecule has 1 aliphatic rings. The monoisotopic (exact) mass is 416 g/mol. The lowest BCUT2D eigenvalue weighted by molar-refractivity contribution is -0.142. The molecule has 0 bridgehead atoms. The van der Waals surface area contributed by atoms with Crippen LogP contribution in [0.15, 0.2) is 72.0 Å². The zero-order valence-electron chi connectivity index (χ0n) is 17.6. The van der Waals surface area contributed by atoms with E-state index in [1.54, 1.807) is 11.8 Å². The third kappa shape index (κ3) is 4.71. The highest BCUT2D eigenvalue weighted by Crippen LogP contribution is 2.31. The highest BCUT2D eigenvalue weighted by Gasteiger charge is 2.17. The molecule has 158 valence electrons. The number of aromatic nitrogens is 4. The first-order chi connectivity index (χ1) is 15.2. The summed E-state index contributed by atoms with van der Waals surface area (Å²) in [6.45, 7) is 2.21. The average Bonchev–Trinajstić information content (AvgIpc) is 3.26. The summed E-state index contributed by atoms with van der Waals surface area (Å²) >= 11 is 0. The van der Waals surface area contributed by atoms with Crippen LogP contribution < -0.4 is 0 Å². The molecule has 0 N–H and O–H groups in total. The summed E-state index contributed by atoms with van der Waals surface area (Å²) in [7, 11) is 1.70. The van der Waals surface area contributed by atoms with Gasteiger partial charge in [-0.25, -0.2) is 4.68 Å². The van der Waals surface area contributed by atoms with Gasteiger partial charge in [-0.2, -0.15) is 0 Å². The van der Waals surface area contributed by atoms with E-state index < -0.39 is 0 Å². The summed E-state index contributed by atoms with van der Waals surface area (Å²) in [5, 5.41) is 12.5. The standard InChI is InChI=1S/C24H24N4O3/c1-17(29)31-16-18-11-13-19(14-12-18)21-8-4-5-9-22(21)24-25-26-27-28(24)15-20-7-3-6-10-23(20)30-2/h3-5,7-9,11-14H,6,10,15-16H2,1-2H3. The van der Waals surface area contributed by atoms with Crippen LogP contribution >= 0.6 is 0 Å². The van der Waals surface area contributed by atoms with E-state index in [2.05, 4.69) is 33.7 Å². The predicted octanol–water partition coefficient (Wildman–Crippen LogP) is 4.32. The molecule has 0 amide bonds. The normalized spacial score (nSPS) is 13.4. The second kappa shape index (κ2) is 9.38. The Morgan fingerprint density at radius 3 is 2.61 bits per heavy atom. The second-order valence-corrected chi connectivity index (χ2v) is 7.28. The van der Waals surface area contributed by atoms with Crippen molar-refractivity contribution >= 4 is 5.97 Å². The molecule has 31 heavy (non-hydrogen) atoms. The number of carbonyl (C=O) groups excluding carboxylic acids is 1. The van der Waals surface area contributed by atoms with Gasteiger partial charge in [-0.3, -0.25) is 4.79 Å². The van der Waals surface area contributed by atoms with Gasteiger partial charge in [0.05, 0.1) is 13.7 Å². The second-order valence-electron chi connectivity index (χ2n) is 7.28. The number of benzene rings is 2. The van der Waals surface area contributed by atoms with Crippen LogP contribution in [0.2, 0.25) is 0 Å². The van der Waals surface area contributed by atoms with Crippen LogP contribution in [0.1, 0.15) is 25.3 Å². The molecular formula is C24H24N4O3. The topological polar surface area (TPSA) is 79.1 Å². The highest BCUT2D eigenvalue weighted by molar-refractivity contribution is 5.80. The number of hydrogen-bond donors (Lipinski definition) is 0. The number of allylic oxidation sites excluding steroid dienone is 4. The maximum atomic E-state index is 11.0. The molecule has 4 rings (SSSR count). The summed E-state index contributed by atoms with van der Waals surface area (Å²) in [5.41, 5.74) is 5.02. The van der Waals surface area contributed by atoms with Gasteiger partial charge in [0.2, 0.25) is 0 Å². The van der Waals surface area contributed by atoms with Crippen LogP contribution in [0.3, 0.4) is 0 Å². The number of esters is 1. The average molecular weight is 416 g/mol. The van der Waals surface area contributed by atoms with Crippen molar-refractivity contribution in [3.63, 3.8) is 0 Å². The van der Waals surface area contributed by atoms with E-state index in [0.29, 0.717) is 12.4 Å². The van der Waals surface area contributed by atoms with Crippen molar-refractivity contribution in [3.05, 3.63) is 77.6 Å².